The van der Waals surface area contributed by atoms with Gasteiger partial charge >= 0.3 is 6.18 Å². The van der Waals surface area contributed by atoms with Crippen molar-refractivity contribution in [3.8, 4) is 11.1 Å². The van der Waals surface area contributed by atoms with Crippen molar-refractivity contribution in [1.82, 2.24) is 14.5 Å². The maximum absolute atomic E-state index is 14.0. The number of nitrogens with zero attached hydrogens (tertiary/aromatic N) is 3. The molecule has 5 rings (SSSR count). The van der Waals surface area contributed by atoms with Crippen molar-refractivity contribution in [2.24, 2.45) is 0 Å². The molecule has 0 atom stereocenters. The third-order valence-corrected chi connectivity index (χ3v) is 9.01. The van der Waals surface area contributed by atoms with Gasteiger partial charge in [0.25, 0.3) is 5.91 Å². The van der Waals surface area contributed by atoms with E-state index in [9.17, 15) is 27.2 Å². The molecule has 0 N–H and O–H groups in total. The molecule has 0 bridgehead atoms. The van der Waals surface area contributed by atoms with Gasteiger partial charge in [-0.2, -0.15) is 13.2 Å². The molecule has 254 valence electrons. The highest BCUT2D eigenvalue weighted by molar-refractivity contribution is 5.75. The number of hydrogen-bond acceptors (Lipinski definition) is 4. The van der Waals surface area contributed by atoms with Crippen LogP contribution >= 0.6 is 0 Å². The summed E-state index contributed by atoms with van der Waals surface area (Å²) in [4.78, 5) is 35.3. The molecule has 0 spiro atoms. The molecule has 6 nitrogen and oxygen atoms in total. The number of rotatable bonds is 14. The lowest BCUT2D eigenvalue weighted by Gasteiger charge is -2.27. The van der Waals surface area contributed by atoms with Crippen LogP contribution < -0.4 is 5.43 Å². The Morgan fingerprint density at radius 1 is 0.833 bits per heavy atom. The summed E-state index contributed by atoms with van der Waals surface area (Å²) in [5, 5.41) is 1.41. The SMILES string of the molecule is CCN(CC)CCN(OCc1ccc(-c2ccc(C(F)(F)F)cc2)cc1)C(=O)Cn1c(CCc2ccc(F)cc2)cc(=O)c2c1CCC2. The van der Waals surface area contributed by atoms with E-state index in [4.69, 9.17) is 4.84 Å². The van der Waals surface area contributed by atoms with Crippen LogP contribution in [0.15, 0.2) is 83.7 Å². The van der Waals surface area contributed by atoms with E-state index in [-0.39, 0.29) is 30.3 Å². The molecule has 0 radical (unpaired) electrons. The van der Waals surface area contributed by atoms with Crippen LogP contribution in [0.4, 0.5) is 17.6 Å². The Hall–Kier alpha value is -4.28. The van der Waals surface area contributed by atoms with Crippen LogP contribution in [0.25, 0.3) is 11.1 Å². The predicted molar refractivity (Wildman–Crippen MR) is 178 cm³/mol. The van der Waals surface area contributed by atoms with Gasteiger partial charge in [-0.1, -0.05) is 62.4 Å². The number of fused-ring (bicyclic) bond motifs is 1. The highest BCUT2D eigenvalue weighted by Gasteiger charge is 2.30. The summed E-state index contributed by atoms with van der Waals surface area (Å²) in [7, 11) is 0. The molecule has 3 aromatic carbocycles. The Balaban J connectivity index is 1.32. The van der Waals surface area contributed by atoms with Crippen LogP contribution in [0.5, 0.6) is 0 Å². The number of amides is 1. The quantitative estimate of drug-likeness (QED) is 0.105. The fourth-order valence-electron chi connectivity index (χ4n) is 6.15. The zero-order valence-corrected chi connectivity index (χ0v) is 27.4. The summed E-state index contributed by atoms with van der Waals surface area (Å²) in [6.07, 6.45) is -1.02. The van der Waals surface area contributed by atoms with Crippen molar-refractivity contribution in [3.05, 3.63) is 129 Å². The molecular weight excluding hydrogens is 622 g/mol. The number of benzene rings is 3. The number of carbonyl (C=O) groups is 1. The molecule has 0 saturated heterocycles. The van der Waals surface area contributed by atoms with E-state index in [0.717, 1.165) is 65.3 Å². The Morgan fingerprint density at radius 3 is 2.08 bits per heavy atom. The van der Waals surface area contributed by atoms with Gasteiger partial charge in [-0.25, -0.2) is 9.45 Å². The summed E-state index contributed by atoms with van der Waals surface area (Å²) < 4.78 is 54.4. The van der Waals surface area contributed by atoms with Gasteiger partial charge in [0.15, 0.2) is 5.43 Å². The molecule has 0 saturated carbocycles. The number of aromatic nitrogens is 1. The molecule has 1 aliphatic rings. The zero-order chi connectivity index (χ0) is 34.3. The molecule has 10 heteroatoms. The van der Waals surface area contributed by atoms with Gasteiger partial charge < -0.3 is 9.47 Å². The lowest BCUT2D eigenvalue weighted by Crippen LogP contribution is -2.41. The minimum atomic E-state index is -4.39. The topological polar surface area (TPSA) is 54.8 Å². The maximum Gasteiger partial charge on any atom is 0.416 e. The van der Waals surface area contributed by atoms with Crippen LogP contribution in [0.3, 0.4) is 0 Å². The summed E-state index contributed by atoms with van der Waals surface area (Å²) in [6, 6.07) is 20.3. The fourth-order valence-corrected chi connectivity index (χ4v) is 6.15. The molecular formula is C38H41F4N3O3. The van der Waals surface area contributed by atoms with Gasteiger partial charge in [0.1, 0.15) is 19.0 Å². The first-order valence-corrected chi connectivity index (χ1v) is 16.5. The largest absolute Gasteiger partial charge is 0.416 e. The Labute approximate surface area is 278 Å². The lowest BCUT2D eigenvalue weighted by atomic mass is 10.0. The van der Waals surface area contributed by atoms with Gasteiger partial charge in [0.05, 0.1) is 12.1 Å². The first-order chi connectivity index (χ1) is 23.0. The van der Waals surface area contributed by atoms with E-state index in [1.807, 2.05) is 28.8 Å². The molecule has 4 aromatic rings. The van der Waals surface area contributed by atoms with Crippen LogP contribution in [0, 0.1) is 5.82 Å². The van der Waals surface area contributed by atoms with E-state index >= 15 is 0 Å². The molecule has 0 aliphatic heterocycles. The molecule has 0 fully saturated rings. The van der Waals surface area contributed by atoms with Gasteiger partial charge in [0, 0.05) is 29.6 Å². The Kier molecular flexibility index (Phi) is 11.5. The van der Waals surface area contributed by atoms with Crippen molar-refractivity contribution in [2.45, 2.75) is 65.3 Å². The average Bonchev–Trinajstić information content (AvgIpc) is 3.58. The Bertz CT molecular complexity index is 1730. The second kappa shape index (κ2) is 15.7. The molecule has 1 heterocycles. The molecule has 1 amide bonds. The van der Waals surface area contributed by atoms with Crippen LogP contribution in [-0.4, -0.2) is 46.6 Å². The number of hydrogen-bond donors (Lipinski definition) is 0. The van der Waals surface area contributed by atoms with Crippen molar-refractivity contribution in [3.63, 3.8) is 0 Å². The summed E-state index contributed by atoms with van der Waals surface area (Å²) in [5.41, 5.74) is 4.89. The molecule has 1 aliphatic carbocycles. The van der Waals surface area contributed by atoms with Crippen molar-refractivity contribution < 1.29 is 27.2 Å². The molecule has 1 aromatic heterocycles. The number of alkyl halides is 3. The van der Waals surface area contributed by atoms with Crippen LogP contribution in [-0.2, 0) is 54.6 Å². The second-order valence-electron chi connectivity index (χ2n) is 12.1. The van der Waals surface area contributed by atoms with Gasteiger partial charge in [0.2, 0.25) is 0 Å². The number of likely N-dealkylation sites (N-methyl/N-ethyl adjacent to an activating group) is 1. The molecule has 0 unspecified atom stereocenters. The van der Waals surface area contributed by atoms with Crippen LogP contribution in [0.1, 0.15) is 53.9 Å². The van der Waals surface area contributed by atoms with E-state index in [0.29, 0.717) is 44.3 Å². The lowest BCUT2D eigenvalue weighted by molar-refractivity contribution is -0.193. The molecule has 48 heavy (non-hydrogen) atoms. The third-order valence-electron chi connectivity index (χ3n) is 9.01. The van der Waals surface area contributed by atoms with E-state index < -0.39 is 11.7 Å². The van der Waals surface area contributed by atoms with E-state index in [1.54, 1.807) is 18.2 Å². The number of hydroxylamine groups is 2. The van der Waals surface area contributed by atoms with Gasteiger partial charge in [-0.15, -0.1) is 0 Å². The number of aryl methyl sites for hydroxylation is 2. The van der Waals surface area contributed by atoms with Gasteiger partial charge in [-0.3, -0.25) is 14.4 Å². The monoisotopic (exact) mass is 663 g/mol. The van der Waals surface area contributed by atoms with E-state index in [2.05, 4.69) is 18.7 Å². The smallest absolute Gasteiger partial charge is 0.339 e. The van der Waals surface area contributed by atoms with Crippen molar-refractivity contribution in [2.75, 3.05) is 26.2 Å². The van der Waals surface area contributed by atoms with Crippen molar-refractivity contribution >= 4 is 5.91 Å². The second-order valence-corrected chi connectivity index (χ2v) is 12.1. The minimum Gasteiger partial charge on any atom is -0.339 e. The first-order valence-electron chi connectivity index (χ1n) is 16.5. The number of carbonyl (C=O) groups excluding carboxylic acids is 1. The summed E-state index contributed by atoms with van der Waals surface area (Å²) >= 11 is 0. The standard InChI is InChI=1S/C38H41F4N3O3/c1-3-43(4-2)22-23-45(48-26-28-8-13-29(14-9-28)30-15-17-31(18-16-30)38(40,41)42)37(47)25-44-33(21-12-27-10-19-32(39)20-11-27)24-36(46)34-6-5-7-35(34)44/h8-11,13-20,24H,3-7,12,21-23,25-26H2,1-2H3. The Morgan fingerprint density at radius 2 is 1.46 bits per heavy atom. The maximum atomic E-state index is 14.0. The minimum absolute atomic E-state index is 0.00492. The van der Waals surface area contributed by atoms with Crippen molar-refractivity contribution in [1.29, 1.82) is 0 Å². The van der Waals surface area contributed by atoms with Gasteiger partial charge in [-0.05, 0) is 91.7 Å². The average molecular weight is 664 g/mol. The normalized spacial score (nSPS) is 12.8. The third kappa shape index (κ3) is 8.79. The van der Waals surface area contributed by atoms with E-state index in [1.165, 1.54) is 29.3 Å². The first kappa shape index (κ1) is 35.0. The fraction of sp³-hybridized carbons (Fsp3) is 0.368. The number of halogens is 4. The number of pyridine rings is 1. The highest BCUT2D eigenvalue weighted by atomic mass is 19.4. The summed E-state index contributed by atoms with van der Waals surface area (Å²) in [5.74, 6) is -0.539. The van der Waals surface area contributed by atoms with Crippen LogP contribution in [0.2, 0.25) is 0 Å². The summed E-state index contributed by atoms with van der Waals surface area (Å²) in [6.45, 7) is 6.87. The zero-order valence-electron chi connectivity index (χ0n) is 27.4. The predicted octanol–water partition coefficient (Wildman–Crippen LogP) is 7.25. The highest BCUT2D eigenvalue weighted by Crippen LogP contribution is 2.31.